The number of amides is 6. The van der Waals surface area contributed by atoms with Crippen LogP contribution in [0.2, 0.25) is 5.02 Å². The quantitative estimate of drug-likeness (QED) is 0.119. The Balaban J connectivity index is 0.00000324. The smallest absolute Gasteiger partial charge is 1.00 e. The maximum Gasteiger partial charge on any atom is 1.00 e. The number of imide groups is 1. The van der Waals surface area contributed by atoms with Crippen molar-refractivity contribution in [3.63, 3.8) is 0 Å². The molecule has 0 bridgehead atoms. The monoisotopic (exact) mass is 541 g/mol. The number of rotatable bonds is 6. The van der Waals surface area contributed by atoms with E-state index >= 15 is 0 Å². The second kappa shape index (κ2) is 11.1. The molecule has 35 heavy (non-hydrogen) atoms. The van der Waals surface area contributed by atoms with Crippen molar-refractivity contribution in [2.75, 3.05) is 26.2 Å². The van der Waals surface area contributed by atoms with Gasteiger partial charge in [-0.3, -0.25) is 28.6 Å². The van der Waals surface area contributed by atoms with Crippen LogP contribution >= 0.6 is 11.6 Å². The second-order valence-corrected chi connectivity index (χ2v) is 9.09. The van der Waals surface area contributed by atoms with Gasteiger partial charge in [0.15, 0.2) is 0 Å². The number of hydrogen-bond acceptors (Lipinski definition) is 8. The average molecular weight is 542 g/mol. The summed E-state index contributed by atoms with van der Waals surface area (Å²) in [7, 11) is -4.78. The second-order valence-electron chi connectivity index (χ2n) is 7.34. The molecule has 2 fully saturated rings. The van der Waals surface area contributed by atoms with E-state index in [1.165, 1.54) is 11.0 Å². The van der Waals surface area contributed by atoms with E-state index in [1.807, 2.05) is 0 Å². The van der Waals surface area contributed by atoms with Gasteiger partial charge in [0.25, 0.3) is 5.91 Å². The van der Waals surface area contributed by atoms with Crippen molar-refractivity contribution in [3.8, 4) is 5.75 Å². The van der Waals surface area contributed by atoms with Crippen LogP contribution in [0.15, 0.2) is 18.2 Å². The molecule has 17 heteroatoms. The SMILES string of the molecule is CCN1CCN(C(=O)NC(C(=O)NC2CN(S(=O)(=O)O)C2=O)c2ccc(O)c(Cl)c2)C(=O)C1=O.[H-].[Na+]. The minimum Gasteiger partial charge on any atom is -1.00 e. The average Bonchev–Trinajstić information content (AvgIpc) is 2.76. The molecule has 2 atom stereocenters. The van der Waals surface area contributed by atoms with Crippen molar-refractivity contribution < 1.29 is 73.0 Å². The number of β-lactam (4-membered cyclic amide) rings is 1. The predicted octanol–water partition coefficient (Wildman–Crippen LogP) is -4.27. The van der Waals surface area contributed by atoms with Crippen molar-refractivity contribution in [3.05, 3.63) is 28.8 Å². The van der Waals surface area contributed by atoms with Crippen LogP contribution in [0.25, 0.3) is 0 Å². The van der Waals surface area contributed by atoms with Gasteiger partial charge < -0.3 is 22.1 Å². The molecule has 3 rings (SSSR count). The van der Waals surface area contributed by atoms with Gasteiger partial charge in [0, 0.05) is 19.6 Å². The van der Waals surface area contributed by atoms with Crippen LogP contribution in [0, 0.1) is 0 Å². The largest absolute Gasteiger partial charge is 1.00 e. The van der Waals surface area contributed by atoms with Crippen molar-refractivity contribution in [1.82, 2.24) is 24.7 Å². The van der Waals surface area contributed by atoms with Crippen LogP contribution in [0.1, 0.15) is 20.0 Å². The number of likely N-dealkylation sites (N-methyl/N-ethyl adjacent to an activating group) is 1. The van der Waals surface area contributed by atoms with Gasteiger partial charge in [0.05, 0.1) is 11.6 Å². The van der Waals surface area contributed by atoms with Gasteiger partial charge in [0.2, 0.25) is 5.91 Å². The number of nitrogens with zero attached hydrogens (tertiary/aromatic N) is 3. The standard InChI is InChI=1S/C18H20ClN5O9S.Na.H/c1-2-22-5-6-23(17(29)16(22)28)18(30)21-13(9-3-4-12(25)10(19)7-9)14(26)20-11-8-24(15(11)27)34(31,32)33;;/h3-4,7,11,13,25H,2,5-6,8H2,1H3,(H,20,26)(H,21,30)(H,31,32,33);;/q;+1;-1. The number of carbonyl (C=O) groups excluding carboxylic acids is 5. The summed E-state index contributed by atoms with van der Waals surface area (Å²) >= 11 is 5.89. The van der Waals surface area contributed by atoms with E-state index in [1.54, 1.807) is 6.92 Å². The van der Waals surface area contributed by atoms with Crippen LogP contribution in [-0.2, 0) is 29.5 Å². The molecule has 6 amide bonds. The molecule has 0 radical (unpaired) electrons. The van der Waals surface area contributed by atoms with Gasteiger partial charge in [-0.05, 0) is 24.6 Å². The number of phenolic OH excluding ortho intramolecular Hbond substituents is 1. The first-order chi connectivity index (χ1) is 15.8. The number of benzene rings is 1. The first kappa shape index (κ1) is 28.8. The van der Waals surface area contributed by atoms with E-state index in [0.29, 0.717) is 4.90 Å². The number of halogens is 1. The zero-order chi connectivity index (χ0) is 25.4. The van der Waals surface area contributed by atoms with Crippen LogP contribution < -0.4 is 40.2 Å². The Morgan fingerprint density at radius 1 is 1.23 bits per heavy atom. The number of hydrogen-bond donors (Lipinski definition) is 4. The van der Waals surface area contributed by atoms with Crippen LogP contribution in [-0.4, -0.2) is 94.1 Å². The minimum absolute atomic E-state index is 0. The summed E-state index contributed by atoms with van der Waals surface area (Å²) in [6.45, 7) is 1.37. The number of carbonyl (C=O) groups is 5. The summed E-state index contributed by atoms with van der Waals surface area (Å²) in [6.07, 6.45) is 0. The minimum atomic E-state index is -4.78. The third-order valence-corrected chi connectivity index (χ3v) is 6.45. The Labute approximate surface area is 228 Å². The molecule has 0 aliphatic carbocycles. The molecule has 1 aromatic carbocycles. The third-order valence-electron chi connectivity index (χ3n) is 5.26. The molecule has 186 valence electrons. The maximum atomic E-state index is 12.9. The summed E-state index contributed by atoms with van der Waals surface area (Å²) in [6, 6.07) is -0.369. The van der Waals surface area contributed by atoms with Gasteiger partial charge in [-0.25, -0.2) is 9.10 Å². The zero-order valence-electron chi connectivity index (χ0n) is 19.6. The molecule has 14 nitrogen and oxygen atoms in total. The number of phenols is 1. The summed E-state index contributed by atoms with van der Waals surface area (Å²) in [5.74, 6) is -4.37. The Morgan fingerprint density at radius 2 is 1.89 bits per heavy atom. The van der Waals surface area contributed by atoms with E-state index < -0.39 is 58.6 Å². The van der Waals surface area contributed by atoms with E-state index in [9.17, 15) is 37.5 Å². The fraction of sp³-hybridized carbons (Fsp3) is 0.389. The molecule has 0 saturated carbocycles. The summed E-state index contributed by atoms with van der Waals surface area (Å²) in [5, 5.41) is 14.0. The van der Waals surface area contributed by atoms with Crippen molar-refractivity contribution in [2.45, 2.75) is 19.0 Å². The Kier molecular flexibility index (Phi) is 9.13. The fourth-order valence-corrected chi connectivity index (χ4v) is 4.22. The summed E-state index contributed by atoms with van der Waals surface area (Å²) in [5.41, 5.74) is 0.0537. The first-order valence-electron chi connectivity index (χ1n) is 9.84. The van der Waals surface area contributed by atoms with E-state index in [0.717, 1.165) is 12.1 Å². The van der Waals surface area contributed by atoms with Gasteiger partial charge >= 0.3 is 57.7 Å². The van der Waals surface area contributed by atoms with Crippen molar-refractivity contribution >= 4 is 51.6 Å². The topological polar surface area (TPSA) is 194 Å². The van der Waals surface area contributed by atoms with E-state index in [-0.39, 0.29) is 71.3 Å². The molecule has 2 aliphatic heterocycles. The molecule has 2 heterocycles. The Hall–Kier alpha value is -2.43. The number of nitrogens with one attached hydrogen (secondary N) is 2. The molecule has 2 unspecified atom stereocenters. The maximum absolute atomic E-state index is 12.9. The zero-order valence-corrected chi connectivity index (χ0v) is 22.2. The Bertz CT molecular complexity index is 1190. The molecule has 0 spiro atoms. The van der Waals surface area contributed by atoms with Crippen LogP contribution in [0.3, 0.4) is 0 Å². The third kappa shape index (κ3) is 6.05. The summed E-state index contributed by atoms with van der Waals surface area (Å²) in [4.78, 5) is 63.9. The van der Waals surface area contributed by atoms with Gasteiger partial charge in [-0.1, -0.05) is 17.7 Å². The van der Waals surface area contributed by atoms with Crippen LogP contribution in [0.4, 0.5) is 4.79 Å². The number of piperazine rings is 1. The van der Waals surface area contributed by atoms with E-state index in [2.05, 4.69) is 10.6 Å². The number of aromatic hydroxyl groups is 1. The van der Waals surface area contributed by atoms with Gasteiger partial charge in [-0.15, -0.1) is 0 Å². The summed E-state index contributed by atoms with van der Waals surface area (Å²) < 4.78 is 31.3. The molecule has 2 aliphatic rings. The van der Waals surface area contributed by atoms with Gasteiger partial charge in [0.1, 0.15) is 17.8 Å². The number of urea groups is 1. The van der Waals surface area contributed by atoms with Crippen LogP contribution in [0.5, 0.6) is 5.75 Å². The molecule has 4 N–H and O–H groups in total. The first-order valence-corrected chi connectivity index (χ1v) is 11.6. The normalized spacial score (nSPS) is 19.0. The predicted molar refractivity (Wildman–Crippen MR) is 115 cm³/mol. The van der Waals surface area contributed by atoms with Gasteiger partial charge in [-0.2, -0.15) is 8.42 Å². The molecule has 2 saturated heterocycles. The molecular weight excluding hydrogens is 521 g/mol. The van der Waals surface area contributed by atoms with Crippen molar-refractivity contribution in [2.24, 2.45) is 0 Å². The fourth-order valence-electron chi connectivity index (χ4n) is 3.34. The van der Waals surface area contributed by atoms with E-state index in [4.69, 9.17) is 16.2 Å². The Morgan fingerprint density at radius 3 is 2.43 bits per heavy atom. The molecule has 1 aromatic rings. The molecular formula is C18H21ClN5NaO9S. The molecule has 0 aromatic heterocycles. The van der Waals surface area contributed by atoms with Crippen molar-refractivity contribution in [1.29, 1.82) is 0 Å².